The topological polar surface area (TPSA) is 69.0 Å². The van der Waals surface area contributed by atoms with Crippen LogP contribution in [0.4, 0.5) is 5.69 Å². The van der Waals surface area contributed by atoms with Gasteiger partial charge in [-0.2, -0.15) is 0 Å². The zero-order chi connectivity index (χ0) is 23.9. The lowest BCUT2D eigenvalue weighted by Crippen LogP contribution is -2.14. The van der Waals surface area contributed by atoms with Gasteiger partial charge in [0.2, 0.25) is 5.91 Å². The molecular formula is C26H28N4O2S2. The van der Waals surface area contributed by atoms with Crippen molar-refractivity contribution in [3.63, 3.8) is 0 Å². The minimum atomic E-state index is -0.0831. The molecule has 0 bridgehead atoms. The van der Waals surface area contributed by atoms with Gasteiger partial charge in [0.15, 0.2) is 11.0 Å². The number of nitrogens with zero attached hydrogens (tertiary/aromatic N) is 3. The lowest BCUT2D eigenvalue weighted by molar-refractivity contribution is -0.113. The lowest BCUT2D eigenvalue weighted by atomic mass is 9.99. The van der Waals surface area contributed by atoms with Gasteiger partial charge in [-0.15, -0.1) is 21.5 Å². The van der Waals surface area contributed by atoms with Crippen molar-refractivity contribution in [2.75, 3.05) is 17.7 Å². The SMILES string of the molecule is CCOc1ccc(-n2c(SCC(=O)Nc3ccc([C@@H](C)CC)cc3)nnc2-c2cccs2)cc1. The van der Waals surface area contributed by atoms with Crippen molar-refractivity contribution in [2.24, 2.45) is 0 Å². The molecule has 0 unspecified atom stereocenters. The van der Waals surface area contributed by atoms with Gasteiger partial charge in [-0.1, -0.05) is 43.8 Å². The van der Waals surface area contributed by atoms with Gasteiger partial charge in [0.1, 0.15) is 5.75 Å². The molecule has 0 aliphatic carbocycles. The van der Waals surface area contributed by atoms with E-state index in [1.807, 2.05) is 65.4 Å². The van der Waals surface area contributed by atoms with Crippen LogP contribution in [0.25, 0.3) is 16.4 Å². The van der Waals surface area contributed by atoms with Crippen LogP contribution >= 0.6 is 23.1 Å². The molecule has 34 heavy (non-hydrogen) atoms. The molecule has 0 radical (unpaired) electrons. The van der Waals surface area contributed by atoms with Crippen LogP contribution < -0.4 is 10.1 Å². The first-order chi connectivity index (χ1) is 16.6. The number of hydrogen-bond donors (Lipinski definition) is 1. The molecule has 6 nitrogen and oxygen atoms in total. The normalized spacial score (nSPS) is 11.9. The van der Waals surface area contributed by atoms with E-state index in [1.165, 1.54) is 17.3 Å². The Balaban J connectivity index is 1.50. The summed E-state index contributed by atoms with van der Waals surface area (Å²) in [5.74, 6) is 2.21. The van der Waals surface area contributed by atoms with Crippen LogP contribution in [0.5, 0.6) is 5.75 Å². The minimum absolute atomic E-state index is 0.0831. The standard InChI is InChI=1S/C26H28N4O2S2/c1-4-18(3)19-8-10-20(11-9-19)27-24(31)17-34-26-29-28-25(23-7-6-16-33-23)30(26)21-12-14-22(15-13-21)32-5-2/h6-16,18H,4-5,17H2,1-3H3,(H,27,31)/t18-/m0/s1. The third-order valence-corrected chi connectivity index (χ3v) is 7.28. The molecule has 0 aliphatic rings. The highest BCUT2D eigenvalue weighted by Crippen LogP contribution is 2.31. The van der Waals surface area contributed by atoms with E-state index < -0.39 is 0 Å². The second kappa shape index (κ2) is 11.4. The third-order valence-electron chi connectivity index (χ3n) is 5.49. The Bertz CT molecular complexity index is 1200. The van der Waals surface area contributed by atoms with Crippen molar-refractivity contribution in [2.45, 2.75) is 38.3 Å². The number of amides is 1. The largest absolute Gasteiger partial charge is 0.494 e. The van der Waals surface area contributed by atoms with E-state index in [2.05, 4.69) is 41.5 Å². The summed E-state index contributed by atoms with van der Waals surface area (Å²) in [6.07, 6.45) is 1.09. The van der Waals surface area contributed by atoms with E-state index in [-0.39, 0.29) is 11.7 Å². The molecule has 4 aromatic rings. The fourth-order valence-corrected chi connectivity index (χ4v) is 4.93. The molecule has 176 valence electrons. The zero-order valence-corrected chi connectivity index (χ0v) is 21.2. The highest BCUT2D eigenvalue weighted by Gasteiger charge is 2.18. The van der Waals surface area contributed by atoms with E-state index >= 15 is 0 Å². The summed E-state index contributed by atoms with van der Waals surface area (Å²) < 4.78 is 7.56. The summed E-state index contributed by atoms with van der Waals surface area (Å²) in [5, 5.41) is 14.5. The van der Waals surface area contributed by atoms with Crippen molar-refractivity contribution >= 4 is 34.7 Å². The minimum Gasteiger partial charge on any atom is -0.494 e. The van der Waals surface area contributed by atoms with E-state index in [9.17, 15) is 4.79 Å². The van der Waals surface area contributed by atoms with E-state index in [0.29, 0.717) is 17.7 Å². The molecule has 0 saturated heterocycles. The monoisotopic (exact) mass is 492 g/mol. The fourth-order valence-electron chi connectivity index (χ4n) is 3.48. The van der Waals surface area contributed by atoms with Crippen molar-refractivity contribution in [1.29, 1.82) is 0 Å². The lowest BCUT2D eigenvalue weighted by Gasteiger charge is -2.12. The molecule has 1 atom stereocenters. The van der Waals surface area contributed by atoms with Crippen LogP contribution in [0.3, 0.4) is 0 Å². The summed E-state index contributed by atoms with van der Waals surface area (Å²) in [5.41, 5.74) is 2.99. The molecule has 1 N–H and O–H groups in total. The Labute approximate surface area is 208 Å². The average molecular weight is 493 g/mol. The number of aromatic nitrogens is 3. The van der Waals surface area contributed by atoms with Gasteiger partial charge >= 0.3 is 0 Å². The number of carbonyl (C=O) groups excluding carboxylic acids is 1. The number of ether oxygens (including phenoxy) is 1. The van der Waals surface area contributed by atoms with Crippen LogP contribution in [0.1, 0.15) is 38.7 Å². The predicted octanol–water partition coefficient (Wildman–Crippen LogP) is 6.64. The quantitative estimate of drug-likeness (QED) is 0.251. The van der Waals surface area contributed by atoms with Crippen molar-refractivity contribution in [3.8, 4) is 22.1 Å². The number of thioether (sulfide) groups is 1. The van der Waals surface area contributed by atoms with Crippen LogP contribution in [-0.2, 0) is 4.79 Å². The van der Waals surface area contributed by atoms with E-state index in [4.69, 9.17) is 4.74 Å². The average Bonchev–Trinajstić information content (AvgIpc) is 3.53. The summed E-state index contributed by atoms with van der Waals surface area (Å²) in [6.45, 7) is 6.95. The molecule has 4 rings (SSSR count). The Morgan fingerprint density at radius 1 is 1.09 bits per heavy atom. The highest BCUT2D eigenvalue weighted by atomic mass is 32.2. The van der Waals surface area contributed by atoms with Gasteiger partial charge in [0.25, 0.3) is 0 Å². The Hall–Kier alpha value is -3.10. The molecule has 2 aromatic heterocycles. The summed E-state index contributed by atoms with van der Waals surface area (Å²) in [6, 6.07) is 19.9. The molecule has 8 heteroatoms. The van der Waals surface area contributed by atoms with Gasteiger partial charge in [-0.05, 0) is 72.7 Å². The fraction of sp³-hybridized carbons (Fsp3) is 0.269. The number of hydrogen-bond acceptors (Lipinski definition) is 6. The summed E-state index contributed by atoms with van der Waals surface area (Å²) >= 11 is 2.97. The second-order valence-electron chi connectivity index (χ2n) is 7.81. The number of anilines is 1. The molecular weight excluding hydrogens is 464 g/mol. The Morgan fingerprint density at radius 2 is 1.85 bits per heavy atom. The first-order valence-electron chi connectivity index (χ1n) is 11.3. The van der Waals surface area contributed by atoms with E-state index in [1.54, 1.807) is 11.3 Å². The highest BCUT2D eigenvalue weighted by molar-refractivity contribution is 7.99. The number of carbonyl (C=O) groups is 1. The number of rotatable bonds is 10. The van der Waals surface area contributed by atoms with Gasteiger partial charge in [0, 0.05) is 5.69 Å². The maximum Gasteiger partial charge on any atom is 0.234 e. The number of thiophene rings is 1. The second-order valence-corrected chi connectivity index (χ2v) is 9.70. The van der Waals surface area contributed by atoms with Gasteiger partial charge < -0.3 is 10.1 Å². The first kappa shape index (κ1) is 24.0. The first-order valence-corrected chi connectivity index (χ1v) is 13.2. The predicted molar refractivity (Wildman–Crippen MR) is 140 cm³/mol. The van der Waals surface area contributed by atoms with Crippen LogP contribution in [0.15, 0.2) is 71.2 Å². The summed E-state index contributed by atoms with van der Waals surface area (Å²) in [4.78, 5) is 13.7. The van der Waals surface area contributed by atoms with Gasteiger partial charge in [-0.3, -0.25) is 9.36 Å². The molecule has 0 spiro atoms. The molecule has 2 heterocycles. The van der Waals surface area contributed by atoms with Crippen molar-refractivity contribution in [3.05, 3.63) is 71.6 Å². The number of nitrogens with one attached hydrogen (secondary N) is 1. The van der Waals surface area contributed by atoms with Crippen molar-refractivity contribution in [1.82, 2.24) is 14.8 Å². The Kier molecular flexibility index (Phi) is 8.03. The summed E-state index contributed by atoms with van der Waals surface area (Å²) in [7, 11) is 0. The van der Waals surface area contributed by atoms with E-state index in [0.717, 1.165) is 34.2 Å². The van der Waals surface area contributed by atoms with Gasteiger partial charge in [-0.25, -0.2) is 0 Å². The Morgan fingerprint density at radius 3 is 2.50 bits per heavy atom. The molecule has 0 aliphatic heterocycles. The molecule has 0 fully saturated rings. The zero-order valence-electron chi connectivity index (χ0n) is 19.5. The van der Waals surface area contributed by atoms with Crippen LogP contribution in [-0.4, -0.2) is 33.0 Å². The molecule has 0 saturated carbocycles. The van der Waals surface area contributed by atoms with Crippen LogP contribution in [0, 0.1) is 0 Å². The molecule has 2 aromatic carbocycles. The van der Waals surface area contributed by atoms with Crippen LogP contribution in [0.2, 0.25) is 0 Å². The van der Waals surface area contributed by atoms with Gasteiger partial charge in [0.05, 0.1) is 22.9 Å². The third kappa shape index (κ3) is 5.69. The maximum atomic E-state index is 12.7. The smallest absolute Gasteiger partial charge is 0.234 e. The molecule has 1 amide bonds. The van der Waals surface area contributed by atoms with Crippen molar-refractivity contribution < 1.29 is 9.53 Å². The maximum absolute atomic E-state index is 12.7. The number of benzene rings is 2.